The topological polar surface area (TPSA) is 142 Å². The minimum absolute atomic E-state index is 0.127. The Bertz CT molecular complexity index is 1610. The summed E-state index contributed by atoms with van der Waals surface area (Å²) in [7, 11) is -4.17. The Morgan fingerprint density at radius 2 is 1.65 bits per heavy atom. The highest BCUT2D eigenvalue weighted by molar-refractivity contribution is 7.85. The summed E-state index contributed by atoms with van der Waals surface area (Å²) in [6.45, 7) is 0.120. The number of nitrogens with zero attached hydrogens (tertiary/aromatic N) is 1. The number of halogens is 2. The number of ether oxygens (including phenoxy) is 2. The average Bonchev–Trinajstić information content (AvgIpc) is 3.00. The first-order valence-corrected chi connectivity index (χ1v) is 16.6. The van der Waals surface area contributed by atoms with Crippen molar-refractivity contribution in [2.75, 3.05) is 37.0 Å². The van der Waals surface area contributed by atoms with E-state index in [2.05, 4.69) is 5.32 Å². The second-order valence-electron chi connectivity index (χ2n) is 11.7. The number of hydrogen-bond donors (Lipinski definition) is 3. The average molecular weight is 659 g/mol. The number of carbonyl (C=O) groups is 2. The van der Waals surface area contributed by atoms with E-state index in [9.17, 15) is 31.9 Å². The number of benzene rings is 3. The molecule has 0 radical (unpaired) electrons. The fraction of sp³-hybridized carbons (Fsp3) is 0.394. The van der Waals surface area contributed by atoms with E-state index in [0.717, 1.165) is 11.1 Å². The Morgan fingerprint density at radius 1 is 1.02 bits per heavy atom. The van der Waals surface area contributed by atoms with Crippen molar-refractivity contribution in [3.05, 3.63) is 101 Å². The summed E-state index contributed by atoms with van der Waals surface area (Å²) in [4.78, 5) is 27.1. The van der Waals surface area contributed by atoms with Crippen molar-refractivity contribution < 1.29 is 45.9 Å². The molecule has 2 fully saturated rings. The van der Waals surface area contributed by atoms with E-state index >= 15 is 0 Å². The van der Waals surface area contributed by atoms with Crippen LogP contribution in [-0.4, -0.2) is 67.6 Å². The van der Waals surface area contributed by atoms with Crippen LogP contribution in [0.3, 0.4) is 0 Å². The Hall–Kier alpha value is -3.75. The number of β-lactam (4-membered cyclic amide) rings is 1. The maximum atomic E-state index is 13.6. The molecule has 10 nitrogen and oxygen atoms in total. The van der Waals surface area contributed by atoms with E-state index in [1.54, 1.807) is 17.0 Å². The van der Waals surface area contributed by atoms with Crippen molar-refractivity contribution in [2.45, 2.75) is 43.4 Å². The molecule has 0 bridgehead atoms. The minimum atomic E-state index is -4.17. The third-order valence-corrected chi connectivity index (χ3v) is 9.16. The number of aryl methyl sites for hydroxylation is 1. The second-order valence-corrected chi connectivity index (χ2v) is 13.3. The Kier molecular flexibility index (Phi) is 10.5. The zero-order valence-corrected chi connectivity index (χ0v) is 25.8. The number of carbonyl (C=O) groups excluding carboxylic acids is 2. The van der Waals surface area contributed by atoms with E-state index in [-0.39, 0.29) is 25.1 Å². The summed E-state index contributed by atoms with van der Waals surface area (Å²) in [5.74, 6) is -2.44. The van der Waals surface area contributed by atoms with Crippen molar-refractivity contribution in [2.24, 2.45) is 5.92 Å². The van der Waals surface area contributed by atoms with Crippen LogP contribution in [0.25, 0.3) is 0 Å². The number of nitrogens with one attached hydrogen (secondary N) is 1. The molecule has 13 heteroatoms. The fourth-order valence-corrected chi connectivity index (χ4v) is 6.12. The van der Waals surface area contributed by atoms with E-state index < -0.39 is 51.0 Å². The van der Waals surface area contributed by atoms with Crippen molar-refractivity contribution >= 4 is 27.6 Å². The number of anilines is 1. The number of aliphatic hydroxyl groups excluding tert-OH is 1. The molecule has 2 aliphatic rings. The Morgan fingerprint density at radius 3 is 2.24 bits per heavy atom. The van der Waals surface area contributed by atoms with Gasteiger partial charge in [0, 0.05) is 12.2 Å². The number of hydrogen-bond acceptors (Lipinski definition) is 7. The van der Waals surface area contributed by atoms with Crippen LogP contribution in [0.1, 0.15) is 48.1 Å². The largest absolute Gasteiger partial charge is 0.388 e. The molecule has 46 heavy (non-hydrogen) atoms. The first-order chi connectivity index (χ1) is 21.9. The molecule has 0 aromatic heterocycles. The standard InChI is InChI=1S/C33H36F2N2O8S/c34-25-7-5-23(6-8-25)29(38)14-13-28-31(37(32(28)40)27-11-9-26(35)10-12-27)24-3-1-22(2-4-24)15-16-33(20-44-21-33)45-19-30(39)36-17-18-46(41,42)43/h1-12,28-29,31,38H,13-21H2,(H,36,39)(H,41,42,43)/t28-,29?,31?/m1/s1. The van der Waals surface area contributed by atoms with Crippen LogP contribution in [0.2, 0.25) is 0 Å². The first-order valence-electron chi connectivity index (χ1n) is 15.0. The van der Waals surface area contributed by atoms with Gasteiger partial charge in [-0.2, -0.15) is 8.42 Å². The molecule has 0 saturated carbocycles. The van der Waals surface area contributed by atoms with Crippen LogP contribution in [0.15, 0.2) is 72.8 Å². The van der Waals surface area contributed by atoms with Crippen molar-refractivity contribution in [1.29, 1.82) is 0 Å². The maximum absolute atomic E-state index is 13.6. The summed E-state index contributed by atoms with van der Waals surface area (Å²) in [5, 5.41) is 13.1. The van der Waals surface area contributed by atoms with E-state index in [4.69, 9.17) is 14.0 Å². The monoisotopic (exact) mass is 658 g/mol. The molecule has 246 valence electrons. The lowest BCUT2D eigenvalue weighted by Gasteiger charge is -2.48. The van der Waals surface area contributed by atoms with Gasteiger partial charge >= 0.3 is 0 Å². The van der Waals surface area contributed by atoms with Gasteiger partial charge in [-0.3, -0.25) is 14.1 Å². The highest BCUT2D eigenvalue weighted by Crippen LogP contribution is 2.46. The van der Waals surface area contributed by atoms with E-state index in [1.165, 1.54) is 36.4 Å². The van der Waals surface area contributed by atoms with Crippen LogP contribution in [0.4, 0.5) is 14.5 Å². The van der Waals surface area contributed by atoms with Crippen LogP contribution >= 0.6 is 0 Å². The molecule has 2 saturated heterocycles. The molecular formula is C33H36F2N2O8S. The SMILES string of the molecule is O=C(COC1(CCc2ccc(C3[C@@H](CCC(O)c4ccc(F)cc4)C(=O)N3c3ccc(F)cc3)cc2)COC1)NCCS(=O)(=O)O. The fourth-order valence-electron chi connectivity index (χ4n) is 5.76. The van der Waals surface area contributed by atoms with Crippen LogP contribution < -0.4 is 10.2 Å². The third-order valence-electron chi connectivity index (χ3n) is 8.44. The summed E-state index contributed by atoms with van der Waals surface area (Å²) >= 11 is 0. The Labute approximate surface area is 266 Å². The van der Waals surface area contributed by atoms with Gasteiger partial charge in [-0.05, 0) is 78.8 Å². The molecule has 5 rings (SSSR count). The minimum Gasteiger partial charge on any atom is -0.388 e. The summed E-state index contributed by atoms with van der Waals surface area (Å²) < 4.78 is 68.6. The Balaban J connectivity index is 1.21. The summed E-state index contributed by atoms with van der Waals surface area (Å²) in [6.07, 6.45) is 1.02. The molecule has 2 aliphatic heterocycles. The molecule has 2 amide bonds. The predicted molar refractivity (Wildman–Crippen MR) is 164 cm³/mol. The zero-order chi connectivity index (χ0) is 32.9. The van der Waals surface area contributed by atoms with Gasteiger partial charge in [0.15, 0.2) is 0 Å². The smallest absolute Gasteiger partial charge is 0.266 e. The molecule has 0 spiro atoms. The molecule has 0 aliphatic carbocycles. The highest BCUT2D eigenvalue weighted by atomic mass is 32.2. The molecule has 3 aromatic carbocycles. The lowest BCUT2D eigenvalue weighted by molar-refractivity contribution is -0.212. The predicted octanol–water partition coefficient (Wildman–Crippen LogP) is 3.90. The quantitative estimate of drug-likeness (QED) is 0.165. The van der Waals surface area contributed by atoms with Gasteiger partial charge in [-0.25, -0.2) is 8.78 Å². The number of rotatable bonds is 15. The molecular weight excluding hydrogens is 622 g/mol. The van der Waals surface area contributed by atoms with Crippen molar-refractivity contribution in [3.63, 3.8) is 0 Å². The van der Waals surface area contributed by atoms with Gasteiger partial charge in [0.2, 0.25) is 11.8 Å². The van der Waals surface area contributed by atoms with Gasteiger partial charge in [-0.15, -0.1) is 0 Å². The second kappa shape index (κ2) is 14.3. The molecule has 2 unspecified atom stereocenters. The van der Waals surface area contributed by atoms with E-state index in [1.807, 2.05) is 24.3 Å². The van der Waals surface area contributed by atoms with Crippen molar-refractivity contribution in [3.8, 4) is 0 Å². The van der Waals surface area contributed by atoms with Gasteiger partial charge in [0.25, 0.3) is 10.1 Å². The van der Waals surface area contributed by atoms with Crippen LogP contribution in [0, 0.1) is 17.6 Å². The number of amides is 2. The lowest BCUT2D eigenvalue weighted by Crippen LogP contribution is -2.55. The molecule has 2 heterocycles. The van der Waals surface area contributed by atoms with E-state index in [0.29, 0.717) is 50.1 Å². The van der Waals surface area contributed by atoms with Gasteiger partial charge < -0.3 is 24.8 Å². The lowest BCUT2D eigenvalue weighted by atomic mass is 9.78. The maximum Gasteiger partial charge on any atom is 0.266 e. The normalized spacial score (nSPS) is 19.7. The van der Waals surface area contributed by atoms with Gasteiger partial charge in [-0.1, -0.05) is 36.4 Å². The summed E-state index contributed by atoms with van der Waals surface area (Å²) in [6, 6.07) is 18.8. The molecule has 3 atom stereocenters. The van der Waals surface area contributed by atoms with Crippen LogP contribution in [-0.2, 0) is 35.6 Å². The van der Waals surface area contributed by atoms with Crippen molar-refractivity contribution in [1.82, 2.24) is 5.32 Å². The molecule has 3 aromatic rings. The first kappa shape index (κ1) is 33.6. The van der Waals surface area contributed by atoms with Gasteiger partial charge in [0.1, 0.15) is 23.8 Å². The van der Waals surface area contributed by atoms with Crippen LogP contribution in [0.5, 0.6) is 0 Å². The molecule has 3 N–H and O–H groups in total. The highest BCUT2D eigenvalue weighted by Gasteiger charge is 2.48. The summed E-state index contributed by atoms with van der Waals surface area (Å²) in [5.41, 5.74) is 2.37. The number of aliphatic hydroxyl groups is 1. The third kappa shape index (κ3) is 8.34. The van der Waals surface area contributed by atoms with Gasteiger partial charge in [0.05, 0.1) is 37.0 Å². The zero-order valence-electron chi connectivity index (χ0n) is 25.0.